The summed E-state index contributed by atoms with van der Waals surface area (Å²) in [5.41, 5.74) is 0. The quantitative estimate of drug-likeness (QED) is 0.0261. The van der Waals surface area contributed by atoms with E-state index in [-0.39, 0.29) is 37.5 Å². The molecule has 6 heteroatoms. The fraction of sp³-hybridized carbons (Fsp3) is 0.740. The maximum absolute atomic E-state index is 12.9. The van der Waals surface area contributed by atoms with E-state index in [1.165, 1.54) is 186 Å². The van der Waals surface area contributed by atoms with Gasteiger partial charge in [-0.3, -0.25) is 14.4 Å². The van der Waals surface area contributed by atoms with Gasteiger partial charge in [-0.05, 0) is 103 Å². The topological polar surface area (TPSA) is 78.9 Å². The van der Waals surface area contributed by atoms with Gasteiger partial charge in [0.1, 0.15) is 13.2 Å². The monoisotopic (exact) mass is 1100 g/mol. The van der Waals surface area contributed by atoms with E-state index in [1.807, 2.05) is 0 Å². The molecule has 0 aliphatic heterocycles. The molecule has 0 aromatic rings. The highest BCUT2D eigenvalue weighted by molar-refractivity contribution is 5.71. The van der Waals surface area contributed by atoms with Crippen molar-refractivity contribution in [2.24, 2.45) is 0 Å². The highest BCUT2D eigenvalue weighted by Gasteiger charge is 2.19. The molecule has 0 N–H and O–H groups in total. The number of carbonyl (C=O) groups is 3. The first-order valence-corrected chi connectivity index (χ1v) is 33.7. The average molecular weight is 1100 g/mol. The van der Waals surface area contributed by atoms with Crippen molar-refractivity contribution in [3.05, 3.63) is 97.2 Å². The third kappa shape index (κ3) is 65.0. The second kappa shape index (κ2) is 66.8. The number of esters is 3. The van der Waals surface area contributed by atoms with Gasteiger partial charge in [-0.25, -0.2) is 0 Å². The molecule has 454 valence electrons. The molecule has 0 saturated heterocycles. The predicted octanol–water partition coefficient (Wildman–Crippen LogP) is 23.2. The van der Waals surface area contributed by atoms with Crippen molar-refractivity contribution in [2.45, 2.75) is 335 Å². The van der Waals surface area contributed by atoms with Crippen molar-refractivity contribution in [3.63, 3.8) is 0 Å². The summed E-state index contributed by atoms with van der Waals surface area (Å²) in [6, 6.07) is 0. The second-order valence-electron chi connectivity index (χ2n) is 22.4. The molecular formula is C73H126O6. The van der Waals surface area contributed by atoms with Gasteiger partial charge < -0.3 is 14.2 Å². The largest absolute Gasteiger partial charge is 0.462 e. The lowest BCUT2D eigenvalue weighted by Gasteiger charge is -2.18. The summed E-state index contributed by atoms with van der Waals surface area (Å²) in [7, 11) is 0. The van der Waals surface area contributed by atoms with E-state index in [0.29, 0.717) is 19.3 Å². The number of allylic oxidation sites excluding steroid dienone is 16. The van der Waals surface area contributed by atoms with Gasteiger partial charge >= 0.3 is 17.9 Å². The van der Waals surface area contributed by atoms with Crippen LogP contribution in [0.15, 0.2) is 97.2 Å². The van der Waals surface area contributed by atoms with E-state index in [0.717, 1.165) is 96.3 Å². The van der Waals surface area contributed by atoms with Crippen LogP contribution in [0.25, 0.3) is 0 Å². The third-order valence-corrected chi connectivity index (χ3v) is 14.6. The Balaban J connectivity index is 4.39. The zero-order valence-electron chi connectivity index (χ0n) is 52.1. The highest BCUT2D eigenvalue weighted by Crippen LogP contribution is 2.17. The molecule has 6 nitrogen and oxygen atoms in total. The van der Waals surface area contributed by atoms with Gasteiger partial charge in [0.25, 0.3) is 0 Å². The molecule has 1 atom stereocenters. The molecule has 0 fully saturated rings. The summed E-state index contributed by atoms with van der Waals surface area (Å²) in [5.74, 6) is -0.923. The molecule has 0 heterocycles. The number of unbranched alkanes of at least 4 members (excludes halogenated alkanes) is 34. The Bertz CT molecular complexity index is 1540. The van der Waals surface area contributed by atoms with Crippen LogP contribution in [-0.2, 0) is 28.6 Å². The Kier molecular flexibility index (Phi) is 63.7. The molecule has 0 spiro atoms. The lowest BCUT2D eigenvalue weighted by molar-refractivity contribution is -0.167. The molecule has 0 aromatic carbocycles. The third-order valence-electron chi connectivity index (χ3n) is 14.6. The molecule has 0 aromatic heterocycles. The van der Waals surface area contributed by atoms with Crippen LogP contribution in [0.5, 0.6) is 0 Å². The zero-order valence-corrected chi connectivity index (χ0v) is 52.1. The molecular weight excluding hydrogens is 973 g/mol. The summed E-state index contributed by atoms with van der Waals surface area (Å²) >= 11 is 0. The van der Waals surface area contributed by atoms with Gasteiger partial charge in [0, 0.05) is 19.3 Å². The maximum Gasteiger partial charge on any atom is 0.306 e. The first-order chi connectivity index (χ1) is 39.0. The van der Waals surface area contributed by atoms with Gasteiger partial charge in [0.05, 0.1) is 0 Å². The summed E-state index contributed by atoms with van der Waals surface area (Å²) in [5, 5.41) is 0. The maximum atomic E-state index is 12.9. The molecule has 0 radical (unpaired) electrons. The molecule has 0 amide bonds. The number of carbonyl (C=O) groups excluding carboxylic acids is 3. The van der Waals surface area contributed by atoms with E-state index in [1.54, 1.807) is 0 Å². The molecule has 0 saturated carbocycles. The normalized spacial score (nSPS) is 12.7. The van der Waals surface area contributed by atoms with E-state index in [2.05, 4.69) is 118 Å². The second-order valence-corrected chi connectivity index (χ2v) is 22.4. The minimum Gasteiger partial charge on any atom is -0.462 e. The number of ether oxygens (including phenoxy) is 3. The summed E-state index contributed by atoms with van der Waals surface area (Å²) in [4.78, 5) is 38.4. The van der Waals surface area contributed by atoms with Crippen LogP contribution < -0.4 is 0 Å². The minimum absolute atomic E-state index is 0.0925. The number of hydrogen-bond acceptors (Lipinski definition) is 6. The smallest absolute Gasteiger partial charge is 0.306 e. The molecule has 79 heavy (non-hydrogen) atoms. The van der Waals surface area contributed by atoms with Crippen molar-refractivity contribution in [3.8, 4) is 0 Å². The van der Waals surface area contributed by atoms with Crippen LogP contribution in [0.3, 0.4) is 0 Å². The Hall–Kier alpha value is -3.67. The van der Waals surface area contributed by atoms with Crippen LogP contribution in [0.1, 0.15) is 329 Å². The summed E-state index contributed by atoms with van der Waals surface area (Å²) in [6.45, 7) is 6.52. The fourth-order valence-corrected chi connectivity index (χ4v) is 9.54. The Morgan fingerprint density at radius 3 is 0.797 bits per heavy atom. The summed E-state index contributed by atoms with van der Waals surface area (Å²) < 4.78 is 16.9. The molecule has 0 aliphatic carbocycles. The Morgan fingerprint density at radius 2 is 0.494 bits per heavy atom. The van der Waals surface area contributed by atoms with E-state index < -0.39 is 6.10 Å². The Labute approximate surface area is 489 Å². The highest BCUT2D eigenvalue weighted by atomic mass is 16.6. The van der Waals surface area contributed by atoms with Crippen LogP contribution in [0, 0.1) is 0 Å². The van der Waals surface area contributed by atoms with Crippen LogP contribution in [0.4, 0.5) is 0 Å². The van der Waals surface area contributed by atoms with E-state index in [9.17, 15) is 14.4 Å². The van der Waals surface area contributed by atoms with Gasteiger partial charge in [0.2, 0.25) is 0 Å². The lowest BCUT2D eigenvalue weighted by atomic mass is 10.0. The number of rotatable bonds is 61. The van der Waals surface area contributed by atoms with Crippen molar-refractivity contribution in [2.75, 3.05) is 13.2 Å². The molecule has 0 aliphatic rings. The van der Waals surface area contributed by atoms with E-state index in [4.69, 9.17) is 14.2 Å². The molecule has 0 bridgehead atoms. The zero-order chi connectivity index (χ0) is 57.1. The van der Waals surface area contributed by atoms with Gasteiger partial charge in [-0.1, -0.05) is 304 Å². The van der Waals surface area contributed by atoms with E-state index >= 15 is 0 Å². The molecule has 0 rings (SSSR count). The number of hydrogen-bond donors (Lipinski definition) is 0. The summed E-state index contributed by atoms with van der Waals surface area (Å²) in [6.07, 6.45) is 89.9. The van der Waals surface area contributed by atoms with Gasteiger partial charge in [-0.2, -0.15) is 0 Å². The standard InChI is InChI=1S/C73H126O6/c1-4-7-10-13-16-19-22-25-28-30-32-34-35-36-37-39-40-42-45-48-51-54-57-60-63-66-72(75)78-69-70(68-77-71(74)65-62-59-56-53-50-47-44-27-24-21-18-15-12-9-6-3)79-73(76)67-64-61-58-55-52-49-46-43-41-38-33-31-29-26-23-20-17-14-11-8-5-2/h8,11,17,20,22,25-26,29-30,32-33,38,43,46,52,55,70H,4-7,9-10,12-16,18-19,21,23-24,27-28,31,34-37,39-42,44-45,47-51,53-54,56-69H2,1-3H3/b11-8-,20-17-,25-22-,29-26-,32-30-,38-33-,46-43-,55-52-. The SMILES string of the molecule is CC/C=C\C/C=C\C/C=C\C/C=C\C/C=C\C/C=C\CCCCC(=O)OC(COC(=O)CCCCCCCCCCCCCCC/C=C\C/C=C\CCCCCCC)COC(=O)CCCCCCCCCCCCCCCCC. The lowest BCUT2D eigenvalue weighted by Crippen LogP contribution is -2.30. The fourth-order valence-electron chi connectivity index (χ4n) is 9.54. The Morgan fingerprint density at radius 1 is 0.266 bits per heavy atom. The van der Waals surface area contributed by atoms with Crippen molar-refractivity contribution in [1.82, 2.24) is 0 Å². The predicted molar refractivity (Wildman–Crippen MR) is 344 cm³/mol. The van der Waals surface area contributed by atoms with Gasteiger partial charge in [-0.15, -0.1) is 0 Å². The average Bonchev–Trinajstić information content (AvgIpc) is 3.45. The first-order valence-electron chi connectivity index (χ1n) is 33.7. The van der Waals surface area contributed by atoms with Crippen LogP contribution >= 0.6 is 0 Å². The van der Waals surface area contributed by atoms with Crippen molar-refractivity contribution in [1.29, 1.82) is 0 Å². The minimum atomic E-state index is -0.802. The van der Waals surface area contributed by atoms with Gasteiger partial charge in [0.15, 0.2) is 6.10 Å². The van der Waals surface area contributed by atoms with Crippen LogP contribution in [0.2, 0.25) is 0 Å². The molecule has 1 unspecified atom stereocenters. The van der Waals surface area contributed by atoms with Crippen LogP contribution in [-0.4, -0.2) is 37.2 Å². The first kappa shape index (κ1) is 75.3. The van der Waals surface area contributed by atoms with Crippen molar-refractivity contribution >= 4 is 17.9 Å². The van der Waals surface area contributed by atoms with Crippen molar-refractivity contribution < 1.29 is 28.6 Å².